The zero-order valence-corrected chi connectivity index (χ0v) is 16.7. The first kappa shape index (κ1) is 18.8. The molecule has 1 aliphatic heterocycles. The minimum Gasteiger partial charge on any atom is -0.341 e. The van der Waals surface area contributed by atoms with E-state index in [4.69, 9.17) is 10.3 Å². The lowest BCUT2D eigenvalue weighted by Gasteiger charge is -2.20. The third kappa shape index (κ3) is 4.13. The van der Waals surface area contributed by atoms with Crippen LogP contribution in [0.25, 0.3) is 11.4 Å². The van der Waals surface area contributed by atoms with Crippen molar-refractivity contribution in [3.63, 3.8) is 0 Å². The second-order valence-corrected chi connectivity index (χ2v) is 7.81. The van der Waals surface area contributed by atoms with E-state index in [9.17, 15) is 4.79 Å². The van der Waals surface area contributed by atoms with Crippen LogP contribution in [0.5, 0.6) is 0 Å². The Hall–Kier alpha value is -2.58. The smallest absolute Gasteiger partial charge is 0.239 e. The molecule has 2 N–H and O–H groups in total. The predicted octanol–water partition coefficient (Wildman–Crippen LogP) is 2.78. The summed E-state index contributed by atoms with van der Waals surface area (Å²) in [4.78, 5) is 23.0. The van der Waals surface area contributed by atoms with Crippen molar-refractivity contribution in [2.24, 2.45) is 5.73 Å². The molecule has 1 unspecified atom stereocenters. The van der Waals surface area contributed by atoms with Gasteiger partial charge in [-0.05, 0) is 42.7 Å². The summed E-state index contributed by atoms with van der Waals surface area (Å²) >= 11 is 3.41. The topological polar surface area (TPSA) is 98.1 Å². The molecule has 1 saturated heterocycles. The number of hydrogen-bond acceptors (Lipinski definition) is 6. The van der Waals surface area contributed by atoms with Crippen molar-refractivity contribution in [2.45, 2.75) is 24.8 Å². The first-order valence-electron chi connectivity index (χ1n) is 9.13. The fourth-order valence-electron chi connectivity index (χ4n) is 3.38. The Bertz CT molecular complexity index is 945. The molecule has 3 aromatic rings. The maximum Gasteiger partial charge on any atom is 0.239 e. The van der Waals surface area contributed by atoms with Gasteiger partial charge in [0.05, 0.1) is 12.0 Å². The summed E-state index contributed by atoms with van der Waals surface area (Å²) in [5.41, 5.74) is 8.07. The second kappa shape index (κ2) is 8.20. The van der Waals surface area contributed by atoms with Gasteiger partial charge in [-0.1, -0.05) is 33.2 Å². The molecule has 2 atom stereocenters. The molecule has 8 heteroatoms. The van der Waals surface area contributed by atoms with Gasteiger partial charge in [-0.25, -0.2) is 0 Å². The Morgan fingerprint density at radius 3 is 2.75 bits per heavy atom. The first-order valence-corrected chi connectivity index (χ1v) is 9.92. The van der Waals surface area contributed by atoms with E-state index in [-0.39, 0.29) is 11.8 Å². The van der Waals surface area contributed by atoms with Crippen LogP contribution in [0.4, 0.5) is 0 Å². The number of hydrogen-bond donors (Lipinski definition) is 1. The van der Waals surface area contributed by atoms with Crippen molar-refractivity contribution in [1.82, 2.24) is 20.0 Å². The van der Waals surface area contributed by atoms with Gasteiger partial charge in [-0.3, -0.25) is 9.78 Å². The zero-order valence-electron chi connectivity index (χ0n) is 15.2. The van der Waals surface area contributed by atoms with Gasteiger partial charge < -0.3 is 15.2 Å². The van der Waals surface area contributed by atoms with Crippen molar-refractivity contribution in [1.29, 1.82) is 0 Å². The quantitative estimate of drug-likeness (QED) is 0.653. The maximum absolute atomic E-state index is 12.7. The molecule has 2 aromatic heterocycles. The normalized spacial score (nSPS) is 17.6. The van der Waals surface area contributed by atoms with E-state index < -0.39 is 6.04 Å². The number of carbonyl (C=O) groups is 1. The molecule has 0 saturated carbocycles. The van der Waals surface area contributed by atoms with Crippen molar-refractivity contribution >= 4 is 21.8 Å². The summed E-state index contributed by atoms with van der Waals surface area (Å²) in [6, 6.07) is 11.0. The van der Waals surface area contributed by atoms with Gasteiger partial charge in [0, 0.05) is 35.5 Å². The number of amides is 1. The molecule has 28 heavy (non-hydrogen) atoms. The van der Waals surface area contributed by atoms with Gasteiger partial charge in [0.15, 0.2) is 0 Å². The van der Waals surface area contributed by atoms with Crippen molar-refractivity contribution in [2.75, 3.05) is 13.1 Å². The standard InChI is InChI=1S/C20H20BrN5O2/c21-16-3-1-13(2-4-16)11-17(22)20(27)26-10-7-15(12-26)19-24-18(25-28-19)14-5-8-23-9-6-14/h1-6,8-9,15,17H,7,10-12,22H2/t15?,17-/m1/s1. The van der Waals surface area contributed by atoms with Gasteiger partial charge in [0.2, 0.25) is 17.6 Å². The van der Waals surface area contributed by atoms with Gasteiger partial charge in [-0.2, -0.15) is 4.98 Å². The SMILES string of the molecule is N[C@H](Cc1ccc(Br)cc1)C(=O)N1CCC(c2nc(-c3ccncc3)no2)C1. The summed E-state index contributed by atoms with van der Waals surface area (Å²) in [6.45, 7) is 1.19. The van der Waals surface area contributed by atoms with E-state index in [0.29, 0.717) is 31.2 Å². The average Bonchev–Trinajstić information content (AvgIpc) is 3.39. The number of likely N-dealkylation sites (tertiary alicyclic amines) is 1. The summed E-state index contributed by atoms with van der Waals surface area (Å²) < 4.78 is 6.45. The molecule has 4 rings (SSSR count). The third-order valence-electron chi connectivity index (χ3n) is 4.92. The van der Waals surface area contributed by atoms with Crippen LogP contribution >= 0.6 is 15.9 Å². The molecule has 0 bridgehead atoms. The van der Waals surface area contributed by atoms with Crippen LogP contribution in [0.3, 0.4) is 0 Å². The Morgan fingerprint density at radius 1 is 1.25 bits per heavy atom. The summed E-state index contributed by atoms with van der Waals surface area (Å²) in [7, 11) is 0. The van der Waals surface area contributed by atoms with Gasteiger partial charge in [0.1, 0.15) is 0 Å². The summed E-state index contributed by atoms with van der Waals surface area (Å²) in [5.74, 6) is 1.09. The minimum absolute atomic E-state index is 0.0342. The highest BCUT2D eigenvalue weighted by atomic mass is 79.9. The Labute approximate surface area is 171 Å². The number of nitrogens with zero attached hydrogens (tertiary/aromatic N) is 4. The third-order valence-corrected chi connectivity index (χ3v) is 5.44. The van der Waals surface area contributed by atoms with Crippen LogP contribution in [0.1, 0.15) is 23.8 Å². The lowest BCUT2D eigenvalue weighted by molar-refractivity contribution is -0.131. The molecule has 7 nitrogen and oxygen atoms in total. The largest absolute Gasteiger partial charge is 0.341 e. The van der Waals surface area contributed by atoms with Crippen LogP contribution in [-0.4, -0.2) is 45.1 Å². The van der Waals surface area contributed by atoms with Crippen LogP contribution in [0.2, 0.25) is 0 Å². The molecule has 1 amide bonds. The number of benzene rings is 1. The molecule has 1 aromatic carbocycles. The molecule has 0 aliphatic carbocycles. The molecule has 1 aliphatic rings. The monoisotopic (exact) mass is 441 g/mol. The molecule has 144 valence electrons. The number of pyridine rings is 1. The van der Waals surface area contributed by atoms with E-state index in [2.05, 4.69) is 31.1 Å². The fourth-order valence-corrected chi connectivity index (χ4v) is 3.64. The van der Waals surface area contributed by atoms with Crippen LogP contribution < -0.4 is 5.73 Å². The number of carbonyl (C=O) groups excluding carboxylic acids is 1. The summed E-state index contributed by atoms with van der Waals surface area (Å²) in [6.07, 6.45) is 4.68. The highest BCUT2D eigenvalue weighted by molar-refractivity contribution is 9.10. The Kier molecular flexibility index (Phi) is 5.50. The van der Waals surface area contributed by atoms with Gasteiger partial charge in [0.25, 0.3) is 0 Å². The van der Waals surface area contributed by atoms with Crippen LogP contribution in [0.15, 0.2) is 57.8 Å². The minimum atomic E-state index is -0.560. The van der Waals surface area contributed by atoms with E-state index >= 15 is 0 Å². The van der Waals surface area contributed by atoms with E-state index in [0.717, 1.165) is 22.0 Å². The van der Waals surface area contributed by atoms with Crippen LogP contribution in [0, 0.1) is 0 Å². The Morgan fingerprint density at radius 2 is 2.00 bits per heavy atom. The molecule has 0 radical (unpaired) electrons. The molecular formula is C20H20BrN5O2. The average molecular weight is 442 g/mol. The van der Waals surface area contributed by atoms with Crippen LogP contribution in [-0.2, 0) is 11.2 Å². The lowest BCUT2D eigenvalue weighted by atomic mass is 10.1. The number of aromatic nitrogens is 3. The molecular weight excluding hydrogens is 422 g/mol. The zero-order chi connectivity index (χ0) is 19.5. The lowest BCUT2D eigenvalue weighted by Crippen LogP contribution is -2.43. The van der Waals surface area contributed by atoms with Crippen molar-refractivity contribution in [3.05, 3.63) is 64.7 Å². The fraction of sp³-hybridized carbons (Fsp3) is 0.300. The number of rotatable bonds is 5. The van der Waals surface area contributed by atoms with E-state index in [1.807, 2.05) is 36.4 Å². The van der Waals surface area contributed by atoms with E-state index in [1.165, 1.54) is 0 Å². The molecule has 1 fully saturated rings. The summed E-state index contributed by atoms with van der Waals surface area (Å²) in [5, 5.41) is 4.05. The predicted molar refractivity (Wildman–Crippen MR) is 107 cm³/mol. The second-order valence-electron chi connectivity index (χ2n) is 6.90. The highest BCUT2D eigenvalue weighted by Crippen LogP contribution is 2.28. The molecule has 0 spiro atoms. The van der Waals surface area contributed by atoms with Gasteiger partial charge in [-0.15, -0.1) is 0 Å². The first-order chi connectivity index (χ1) is 13.6. The Balaban J connectivity index is 1.37. The number of nitrogens with two attached hydrogens (primary N) is 1. The maximum atomic E-state index is 12.7. The van der Waals surface area contributed by atoms with E-state index in [1.54, 1.807) is 17.3 Å². The van der Waals surface area contributed by atoms with Crippen molar-refractivity contribution < 1.29 is 9.32 Å². The van der Waals surface area contributed by atoms with Crippen molar-refractivity contribution in [3.8, 4) is 11.4 Å². The van der Waals surface area contributed by atoms with Gasteiger partial charge >= 0.3 is 0 Å². The molecule has 3 heterocycles. The number of halogens is 1. The highest BCUT2D eigenvalue weighted by Gasteiger charge is 2.33.